The van der Waals surface area contributed by atoms with Gasteiger partial charge in [-0.2, -0.15) is 0 Å². The molecule has 5 nitrogen and oxygen atoms in total. The molecule has 0 fully saturated rings. The van der Waals surface area contributed by atoms with Crippen LogP contribution in [0, 0.1) is 0 Å². The molecule has 0 aliphatic carbocycles. The molecule has 1 N–H and O–H groups in total. The first-order valence-electron chi connectivity index (χ1n) is 7.95. The fourth-order valence-corrected chi connectivity index (χ4v) is 2.96. The average Bonchev–Trinajstić information content (AvgIpc) is 3.28. The Morgan fingerprint density at radius 1 is 1.16 bits per heavy atom. The summed E-state index contributed by atoms with van der Waals surface area (Å²) in [4.78, 5) is 12.6. The van der Waals surface area contributed by atoms with Crippen LogP contribution in [0.3, 0.4) is 0 Å². The summed E-state index contributed by atoms with van der Waals surface area (Å²) in [5.41, 5.74) is 3.84. The first-order chi connectivity index (χ1) is 12.2. The topological polar surface area (TPSA) is 60.7 Å². The standard InChI is InChI=1S/C19H16BNO4/c1-24-17-6-3-13(4-7-17)19(22)14-8-9-21(11-14)16-5-2-15-12-25-20(23)18(15)10-16/h2-11,23H,12H2,1H3. The van der Waals surface area contributed by atoms with E-state index >= 15 is 0 Å². The minimum atomic E-state index is -0.883. The molecule has 3 aromatic rings. The lowest BCUT2D eigenvalue weighted by atomic mass is 9.79. The normalized spacial score (nSPS) is 13.0. The highest BCUT2D eigenvalue weighted by Crippen LogP contribution is 2.18. The zero-order chi connectivity index (χ0) is 17.4. The Morgan fingerprint density at radius 3 is 2.72 bits per heavy atom. The van der Waals surface area contributed by atoms with Crippen LogP contribution in [0.15, 0.2) is 60.9 Å². The molecule has 0 atom stereocenters. The maximum atomic E-state index is 12.6. The third-order valence-corrected chi connectivity index (χ3v) is 4.40. The first kappa shape index (κ1) is 15.7. The predicted octanol–water partition coefficient (Wildman–Crippen LogP) is 1.93. The smallest absolute Gasteiger partial charge is 0.491 e. The summed E-state index contributed by atoms with van der Waals surface area (Å²) in [6, 6.07) is 14.6. The van der Waals surface area contributed by atoms with Gasteiger partial charge in [0.15, 0.2) is 5.78 Å². The molecule has 2 heterocycles. The molecule has 1 aliphatic heterocycles. The third kappa shape index (κ3) is 2.86. The first-order valence-corrected chi connectivity index (χ1v) is 7.95. The summed E-state index contributed by atoms with van der Waals surface area (Å²) in [6.07, 6.45) is 3.62. The fraction of sp³-hybridized carbons (Fsp3) is 0.105. The van der Waals surface area contributed by atoms with Gasteiger partial charge in [-0.25, -0.2) is 0 Å². The number of benzene rings is 2. The number of aromatic nitrogens is 1. The van der Waals surface area contributed by atoms with Crippen molar-refractivity contribution in [3.05, 3.63) is 77.6 Å². The molecule has 0 bridgehead atoms. The largest absolute Gasteiger partial charge is 0.497 e. The van der Waals surface area contributed by atoms with Gasteiger partial charge in [0, 0.05) is 29.2 Å². The Kier molecular flexibility index (Phi) is 3.91. The van der Waals surface area contributed by atoms with E-state index in [0.29, 0.717) is 23.5 Å². The lowest BCUT2D eigenvalue weighted by Gasteiger charge is -2.06. The van der Waals surface area contributed by atoms with Crippen molar-refractivity contribution in [2.24, 2.45) is 0 Å². The van der Waals surface area contributed by atoms with Gasteiger partial charge < -0.3 is 19.0 Å². The lowest BCUT2D eigenvalue weighted by molar-refractivity contribution is 0.103. The maximum absolute atomic E-state index is 12.6. The van der Waals surface area contributed by atoms with Gasteiger partial charge in [0.25, 0.3) is 0 Å². The number of hydrogen-bond acceptors (Lipinski definition) is 4. The molecule has 0 unspecified atom stereocenters. The van der Waals surface area contributed by atoms with Crippen LogP contribution in [-0.4, -0.2) is 29.6 Å². The highest BCUT2D eigenvalue weighted by Gasteiger charge is 2.27. The number of ether oxygens (including phenoxy) is 1. The van der Waals surface area contributed by atoms with Crippen LogP contribution >= 0.6 is 0 Å². The minimum absolute atomic E-state index is 0.0501. The quantitative estimate of drug-likeness (QED) is 0.586. The van der Waals surface area contributed by atoms with Gasteiger partial charge in [0.2, 0.25) is 0 Å². The molecule has 4 rings (SSSR count). The summed E-state index contributed by atoms with van der Waals surface area (Å²) in [5, 5.41) is 9.84. The second kappa shape index (κ2) is 6.24. The number of rotatable bonds is 4. The number of ketones is 1. The van der Waals surface area contributed by atoms with Crippen LogP contribution in [0.5, 0.6) is 5.75 Å². The van der Waals surface area contributed by atoms with Crippen LogP contribution in [-0.2, 0) is 11.3 Å². The Labute approximate surface area is 145 Å². The highest BCUT2D eigenvalue weighted by molar-refractivity contribution is 6.61. The zero-order valence-electron chi connectivity index (χ0n) is 13.7. The van der Waals surface area contributed by atoms with Crippen molar-refractivity contribution in [3.8, 4) is 11.4 Å². The van der Waals surface area contributed by atoms with Gasteiger partial charge in [0.1, 0.15) is 5.75 Å². The molecule has 25 heavy (non-hydrogen) atoms. The van der Waals surface area contributed by atoms with Gasteiger partial charge in [-0.05, 0) is 53.5 Å². The lowest BCUT2D eigenvalue weighted by Crippen LogP contribution is -2.28. The van der Waals surface area contributed by atoms with Gasteiger partial charge >= 0.3 is 7.12 Å². The Hall–Kier alpha value is -2.83. The van der Waals surface area contributed by atoms with Gasteiger partial charge in [-0.3, -0.25) is 4.79 Å². The molecule has 2 aromatic carbocycles. The Balaban J connectivity index is 1.61. The van der Waals surface area contributed by atoms with E-state index in [1.165, 1.54) is 0 Å². The molecule has 1 aromatic heterocycles. The number of fused-ring (bicyclic) bond motifs is 1. The molecule has 0 amide bonds. The van der Waals surface area contributed by atoms with Crippen molar-refractivity contribution in [3.63, 3.8) is 0 Å². The number of methoxy groups -OCH3 is 1. The molecule has 6 heteroatoms. The number of nitrogens with zero attached hydrogens (tertiary/aromatic N) is 1. The summed E-state index contributed by atoms with van der Waals surface area (Å²) in [6.45, 7) is 0.420. The number of hydrogen-bond donors (Lipinski definition) is 1. The van der Waals surface area contributed by atoms with Crippen LogP contribution in [0.4, 0.5) is 0 Å². The van der Waals surface area contributed by atoms with E-state index in [-0.39, 0.29) is 5.78 Å². The molecular formula is C19H16BNO4. The third-order valence-electron chi connectivity index (χ3n) is 4.40. The van der Waals surface area contributed by atoms with E-state index in [9.17, 15) is 9.82 Å². The summed E-state index contributed by atoms with van der Waals surface area (Å²) in [7, 11) is 0.709. The second-order valence-electron chi connectivity index (χ2n) is 5.91. The maximum Gasteiger partial charge on any atom is 0.491 e. The van der Waals surface area contributed by atoms with Crippen molar-refractivity contribution >= 4 is 18.4 Å². The van der Waals surface area contributed by atoms with Crippen LogP contribution in [0.1, 0.15) is 21.5 Å². The predicted molar refractivity (Wildman–Crippen MR) is 94.6 cm³/mol. The van der Waals surface area contributed by atoms with Crippen molar-refractivity contribution in [2.75, 3.05) is 7.11 Å². The van der Waals surface area contributed by atoms with E-state index in [0.717, 1.165) is 16.7 Å². The Bertz CT molecular complexity index is 933. The molecule has 1 aliphatic rings. The molecular weight excluding hydrogens is 317 g/mol. The molecule has 0 saturated heterocycles. The van der Waals surface area contributed by atoms with E-state index in [4.69, 9.17) is 9.39 Å². The van der Waals surface area contributed by atoms with Crippen molar-refractivity contribution in [1.82, 2.24) is 4.57 Å². The summed E-state index contributed by atoms with van der Waals surface area (Å²) < 4.78 is 12.2. The van der Waals surface area contributed by atoms with Crippen LogP contribution in [0.2, 0.25) is 0 Å². The van der Waals surface area contributed by atoms with E-state index < -0.39 is 7.12 Å². The van der Waals surface area contributed by atoms with Gasteiger partial charge in [-0.15, -0.1) is 0 Å². The van der Waals surface area contributed by atoms with E-state index in [1.54, 1.807) is 43.6 Å². The van der Waals surface area contributed by atoms with Crippen molar-refractivity contribution < 1.29 is 19.2 Å². The number of carbonyl (C=O) groups is 1. The summed E-state index contributed by atoms with van der Waals surface area (Å²) in [5.74, 6) is 0.666. The molecule has 124 valence electrons. The van der Waals surface area contributed by atoms with Gasteiger partial charge in [0.05, 0.1) is 13.7 Å². The Morgan fingerprint density at radius 2 is 1.96 bits per heavy atom. The fourth-order valence-electron chi connectivity index (χ4n) is 2.96. The number of carbonyl (C=O) groups excluding carboxylic acids is 1. The monoisotopic (exact) mass is 333 g/mol. The molecule has 0 spiro atoms. The van der Waals surface area contributed by atoms with Crippen LogP contribution < -0.4 is 10.2 Å². The van der Waals surface area contributed by atoms with Crippen molar-refractivity contribution in [2.45, 2.75) is 6.61 Å². The second-order valence-corrected chi connectivity index (χ2v) is 5.91. The minimum Gasteiger partial charge on any atom is -0.497 e. The van der Waals surface area contributed by atoms with E-state index in [1.807, 2.05) is 29.0 Å². The summed E-state index contributed by atoms with van der Waals surface area (Å²) >= 11 is 0. The van der Waals surface area contributed by atoms with Crippen molar-refractivity contribution in [1.29, 1.82) is 0 Å². The molecule has 0 saturated carbocycles. The van der Waals surface area contributed by atoms with Crippen LogP contribution in [0.25, 0.3) is 5.69 Å². The average molecular weight is 333 g/mol. The van der Waals surface area contributed by atoms with Gasteiger partial charge in [-0.1, -0.05) is 6.07 Å². The highest BCUT2D eigenvalue weighted by atomic mass is 16.5. The van der Waals surface area contributed by atoms with E-state index in [2.05, 4.69) is 0 Å². The molecule has 0 radical (unpaired) electrons. The SMILES string of the molecule is COc1ccc(C(=O)c2ccn(-c3ccc4c(c3)B(O)OC4)c2)cc1. The zero-order valence-corrected chi connectivity index (χ0v) is 13.7.